The fourth-order valence-electron chi connectivity index (χ4n) is 3.56. The molecule has 1 aliphatic heterocycles. The topological polar surface area (TPSA) is 123 Å². The Morgan fingerprint density at radius 1 is 1.28 bits per heavy atom. The lowest BCUT2D eigenvalue weighted by molar-refractivity contribution is 0.0704. The standard InChI is InChI=1S/C22H23FN6O3/c23-16-3-1-2-14(10-16)6-8-24-20-18(4-5-19(28-20)15-11-26-27-12-15)21(30)25-13-17-7-9-29(17)22(31)32/h1-5,10-12,17H,6-9,13H2,(H,24,28)(H,25,30)(H,26,27)(H,31,32)/t17-/m1/s1. The number of hydrogen-bond donors (Lipinski definition) is 4. The summed E-state index contributed by atoms with van der Waals surface area (Å²) in [4.78, 5) is 29.8. The Morgan fingerprint density at radius 3 is 2.84 bits per heavy atom. The van der Waals surface area contributed by atoms with Crippen molar-refractivity contribution < 1.29 is 19.1 Å². The van der Waals surface area contributed by atoms with Crippen LogP contribution in [0.5, 0.6) is 0 Å². The number of halogens is 1. The third kappa shape index (κ3) is 4.85. The van der Waals surface area contributed by atoms with Crippen LogP contribution in [0.4, 0.5) is 15.0 Å². The fraction of sp³-hybridized carbons (Fsp3) is 0.273. The second-order valence-electron chi connectivity index (χ2n) is 7.51. The van der Waals surface area contributed by atoms with E-state index in [4.69, 9.17) is 5.11 Å². The maximum absolute atomic E-state index is 13.4. The number of benzene rings is 1. The number of nitrogens with zero attached hydrogens (tertiary/aromatic N) is 3. The number of H-pyrrole nitrogens is 1. The van der Waals surface area contributed by atoms with E-state index in [0.717, 1.165) is 11.1 Å². The number of rotatable bonds is 8. The number of aromatic nitrogens is 3. The van der Waals surface area contributed by atoms with Crippen molar-refractivity contribution in [1.82, 2.24) is 25.4 Å². The molecule has 4 rings (SSSR count). The summed E-state index contributed by atoms with van der Waals surface area (Å²) in [6.07, 6.45) is 3.61. The first-order valence-electron chi connectivity index (χ1n) is 10.3. The lowest BCUT2D eigenvalue weighted by atomic mass is 10.0. The molecule has 0 radical (unpaired) electrons. The Kier molecular flexibility index (Phi) is 6.29. The van der Waals surface area contributed by atoms with Gasteiger partial charge >= 0.3 is 6.09 Å². The van der Waals surface area contributed by atoms with Gasteiger partial charge in [-0.1, -0.05) is 12.1 Å². The number of carbonyl (C=O) groups excluding carboxylic acids is 1. The summed E-state index contributed by atoms with van der Waals surface area (Å²) >= 11 is 0. The molecule has 1 fully saturated rings. The number of amides is 2. The lowest BCUT2D eigenvalue weighted by Gasteiger charge is -2.38. The highest BCUT2D eigenvalue weighted by molar-refractivity contribution is 5.99. The molecule has 3 heterocycles. The van der Waals surface area contributed by atoms with Crippen LogP contribution in [0.3, 0.4) is 0 Å². The third-order valence-corrected chi connectivity index (χ3v) is 5.42. The molecule has 1 atom stereocenters. The SMILES string of the molecule is O=C(NC[C@H]1CCN1C(=O)O)c1ccc(-c2cn[nH]c2)nc1NCCc1cccc(F)c1. The van der Waals surface area contributed by atoms with Crippen molar-refractivity contribution in [3.63, 3.8) is 0 Å². The zero-order valence-electron chi connectivity index (χ0n) is 17.2. The van der Waals surface area contributed by atoms with E-state index < -0.39 is 6.09 Å². The lowest BCUT2D eigenvalue weighted by Crippen LogP contribution is -2.55. The van der Waals surface area contributed by atoms with Crippen molar-refractivity contribution in [3.05, 3.63) is 65.7 Å². The molecule has 3 aromatic rings. The highest BCUT2D eigenvalue weighted by Gasteiger charge is 2.32. The van der Waals surface area contributed by atoms with Gasteiger partial charge in [0, 0.05) is 31.4 Å². The molecule has 1 aromatic carbocycles. The largest absolute Gasteiger partial charge is 0.465 e. The van der Waals surface area contributed by atoms with E-state index in [0.29, 0.717) is 43.0 Å². The summed E-state index contributed by atoms with van der Waals surface area (Å²) in [7, 11) is 0. The maximum Gasteiger partial charge on any atom is 0.407 e. The number of aromatic amines is 1. The minimum atomic E-state index is -0.985. The summed E-state index contributed by atoms with van der Waals surface area (Å²) < 4.78 is 13.4. The normalized spacial score (nSPS) is 15.2. The molecular weight excluding hydrogens is 415 g/mol. The van der Waals surface area contributed by atoms with Gasteiger partial charge in [-0.3, -0.25) is 9.89 Å². The zero-order valence-corrected chi connectivity index (χ0v) is 17.2. The summed E-state index contributed by atoms with van der Waals surface area (Å²) in [5.41, 5.74) is 2.59. The van der Waals surface area contributed by atoms with E-state index >= 15 is 0 Å². The number of carbonyl (C=O) groups is 2. The van der Waals surface area contributed by atoms with Crippen LogP contribution in [0.25, 0.3) is 11.3 Å². The Balaban J connectivity index is 1.47. The Hall–Kier alpha value is -3.95. The molecule has 2 aromatic heterocycles. The van der Waals surface area contributed by atoms with Crippen molar-refractivity contribution in [2.75, 3.05) is 25.0 Å². The van der Waals surface area contributed by atoms with E-state index in [2.05, 4.69) is 25.8 Å². The Bertz CT molecular complexity index is 1100. The molecule has 10 heteroatoms. The van der Waals surface area contributed by atoms with Gasteiger partial charge in [-0.2, -0.15) is 5.10 Å². The van der Waals surface area contributed by atoms with Crippen molar-refractivity contribution in [1.29, 1.82) is 0 Å². The number of anilines is 1. The molecule has 32 heavy (non-hydrogen) atoms. The predicted molar refractivity (Wildman–Crippen MR) is 116 cm³/mol. The molecule has 1 saturated heterocycles. The van der Waals surface area contributed by atoms with E-state index in [1.165, 1.54) is 17.0 Å². The van der Waals surface area contributed by atoms with Crippen molar-refractivity contribution in [3.8, 4) is 11.3 Å². The van der Waals surface area contributed by atoms with Gasteiger partial charge in [0.05, 0.1) is 23.5 Å². The molecular formula is C22H23FN6O3. The Labute approximate surface area is 183 Å². The quantitative estimate of drug-likeness (QED) is 0.429. The van der Waals surface area contributed by atoms with Crippen LogP contribution in [0, 0.1) is 5.82 Å². The molecule has 1 aliphatic rings. The van der Waals surface area contributed by atoms with Crippen molar-refractivity contribution in [2.45, 2.75) is 18.9 Å². The molecule has 0 bridgehead atoms. The molecule has 4 N–H and O–H groups in total. The molecule has 0 unspecified atom stereocenters. The molecule has 0 spiro atoms. The van der Waals surface area contributed by atoms with Crippen LogP contribution < -0.4 is 10.6 Å². The highest BCUT2D eigenvalue weighted by Crippen LogP contribution is 2.22. The smallest absolute Gasteiger partial charge is 0.407 e. The average molecular weight is 438 g/mol. The summed E-state index contributed by atoms with van der Waals surface area (Å²) in [5, 5.41) is 21.8. The highest BCUT2D eigenvalue weighted by atomic mass is 19.1. The summed E-state index contributed by atoms with van der Waals surface area (Å²) in [5.74, 6) is -0.253. The van der Waals surface area contributed by atoms with E-state index in [1.807, 2.05) is 6.07 Å². The fourth-order valence-corrected chi connectivity index (χ4v) is 3.56. The van der Waals surface area contributed by atoms with Gasteiger partial charge in [0.25, 0.3) is 5.91 Å². The Morgan fingerprint density at radius 2 is 2.16 bits per heavy atom. The second kappa shape index (κ2) is 9.46. The summed E-state index contributed by atoms with van der Waals surface area (Å²) in [6.45, 7) is 1.15. The monoisotopic (exact) mass is 438 g/mol. The molecule has 0 aliphatic carbocycles. The van der Waals surface area contributed by atoms with E-state index in [1.54, 1.807) is 30.6 Å². The van der Waals surface area contributed by atoms with Gasteiger partial charge in [0.15, 0.2) is 0 Å². The minimum absolute atomic E-state index is 0.223. The number of carboxylic acid groups (broad SMARTS) is 1. The number of likely N-dealkylation sites (tertiary alicyclic amines) is 1. The van der Waals surface area contributed by atoms with Gasteiger partial charge in [-0.25, -0.2) is 14.2 Å². The van der Waals surface area contributed by atoms with Gasteiger partial charge in [0.2, 0.25) is 0 Å². The van der Waals surface area contributed by atoms with Gasteiger partial charge in [-0.05, 0) is 42.7 Å². The van der Waals surface area contributed by atoms with Gasteiger partial charge in [-0.15, -0.1) is 0 Å². The van der Waals surface area contributed by atoms with Gasteiger partial charge < -0.3 is 20.6 Å². The maximum atomic E-state index is 13.4. The van der Waals surface area contributed by atoms with E-state index in [9.17, 15) is 14.0 Å². The second-order valence-corrected chi connectivity index (χ2v) is 7.51. The average Bonchev–Trinajstić information content (AvgIpc) is 3.27. The van der Waals surface area contributed by atoms with Crippen LogP contribution in [0.2, 0.25) is 0 Å². The van der Waals surface area contributed by atoms with Crippen LogP contribution in [0.1, 0.15) is 22.3 Å². The van der Waals surface area contributed by atoms with Crippen LogP contribution >= 0.6 is 0 Å². The zero-order chi connectivity index (χ0) is 22.5. The van der Waals surface area contributed by atoms with E-state index in [-0.39, 0.29) is 24.3 Å². The molecule has 166 valence electrons. The van der Waals surface area contributed by atoms with Crippen molar-refractivity contribution in [2.24, 2.45) is 0 Å². The number of pyridine rings is 1. The number of nitrogens with one attached hydrogen (secondary N) is 3. The van der Waals surface area contributed by atoms with Crippen LogP contribution in [-0.2, 0) is 6.42 Å². The molecule has 0 saturated carbocycles. The number of hydrogen-bond acceptors (Lipinski definition) is 5. The van der Waals surface area contributed by atoms with Crippen LogP contribution in [-0.4, -0.2) is 62.9 Å². The van der Waals surface area contributed by atoms with Crippen LogP contribution in [0.15, 0.2) is 48.8 Å². The minimum Gasteiger partial charge on any atom is -0.465 e. The first-order valence-corrected chi connectivity index (χ1v) is 10.3. The molecule has 2 amide bonds. The van der Waals surface area contributed by atoms with Crippen molar-refractivity contribution >= 4 is 17.8 Å². The first kappa shape index (κ1) is 21.3. The predicted octanol–water partition coefficient (Wildman–Crippen LogP) is 2.75. The summed E-state index contributed by atoms with van der Waals surface area (Å²) in [6, 6.07) is 9.53. The molecule has 9 nitrogen and oxygen atoms in total. The third-order valence-electron chi connectivity index (χ3n) is 5.42. The first-order chi connectivity index (χ1) is 15.5. The van der Waals surface area contributed by atoms with Gasteiger partial charge in [0.1, 0.15) is 11.6 Å².